The molecule has 1 aromatic carbocycles. The van der Waals surface area contributed by atoms with Gasteiger partial charge >= 0.3 is 116 Å². The summed E-state index contributed by atoms with van der Waals surface area (Å²) in [5, 5.41) is 0. The molecule has 1 aromatic heterocycles. The smallest absolute Gasteiger partial charge is 0.384 e. The van der Waals surface area contributed by atoms with E-state index in [4.69, 9.17) is 0 Å². The van der Waals surface area contributed by atoms with Crippen LogP contribution in [0.25, 0.3) is 0 Å². The van der Waals surface area contributed by atoms with Crippen LogP contribution in [0.5, 0.6) is 0 Å². The fraction of sp³-hybridized carbons (Fsp3) is 0.500. The largest absolute Gasteiger partial charge is 1.00 e. The van der Waals surface area contributed by atoms with Crippen molar-refractivity contribution in [3.05, 3.63) is 65.0 Å². The van der Waals surface area contributed by atoms with Crippen molar-refractivity contribution in [2.24, 2.45) is 0 Å². The summed E-state index contributed by atoms with van der Waals surface area (Å²) < 4.78 is 0. The van der Waals surface area contributed by atoms with E-state index in [9.17, 15) is 0 Å². The molecule has 0 fully saturated rings. The number of aryl methyl sites for hydroxylation is 1. The Balaban J connectivity index is 0. The molecule has 0 amide bonds. The Morgan fingerprint density at radius 1 is 0.760 bits per heavy atom. The second kappa shape index (κ2) is 15.9. The van der Waals surface area contributed by atoms with Gasteiger partial charge in [0.1, 0.15) is 0 Å². The molecule has 0 saturated carbocycles. The van der Waals surface area contributed by atoms with E-state index in [2.05, 4.69) is 83.8 Å². The molecular formula is C22H31NRb2. The third-order valence-corrected chi connectivity index (χ3v) is 3.87. The molecule has 0 bridgehead atoms. The maximum Gasteiger partial charge on any atom is 1.00 e. The Morgan fingerprint density at radius 3 is 1.64 bits per heavy atom. The predicted octanol–water partition coefficient (Wildman–Crippen LogP) is 0.309. The zero-order valence-corrected chi connectivity index (χ0v) is 27.6. The fourth-order valence-electron chi connectivity index (χ4n) is 2.11. The van der Waals surface area contributed by atoms with E-state index in [1.165, 1.54) is 11.1 Å². The Bertz CT molecular complexity index is 569. The zero-order valence-electron chi connectivity index (χ0n) is 17.8. The third-order valence-electron chi connectivity index (χ3n) is 3.87. The van der Waals surface area contributed by atoms with Gasteiger partial charge in [-0.25, -0.2) is 0 Å². The van der Waals surface area contributed by atoms with Gasteiger partial charge in [0.2, 0.25) is 0 Å². The van der Waals surface area contributed by atoms with Crippen molar-refractivity contribution in [2.45, 2.75) is 72.6 Å². The Morgan fingerprint density at radius 2 is 1.24 bits per heavy atom. The van der Waals surface area contributed by atoms with Crippen LogP contribution in [0.4, 0.5) is 0 Å². The average Bonchev–Trinajstić information content (AvgIpc) is 2.55. The van der Waals surface area contributed by atoms with Crippen LogP contribution >= 0.6 is 0 Å². The molecular weight excluding hydrogens is 449 g/mol. The molecule has 0 aliphatic heterocycles. The summed E-state index contributed by atoms with van der Waals surface area (Å²) in [4.78, 5) is 4.46. The van der Waals surface area contributed by atoms with Gasteiger partial charge in [0.25, 0.3) is 0 Å². The number of hydrogen-bond acceptors (Lipinski definition) is 1. The Hall–Kier alpha value is 1.98. The Kier molecular flexibility index (Phi) is 18.5. The number of nitrogens with zero attached hydrogens (tertiary/aromatic N) is 1. The van der Waals surface area contributed by atoms with E-state index in [0.29, 0.717) is 17.8 Å². The predicted molar refractivity (Wildman–Crippen MR) is 100.0 cm³/mol. The topological polar surface area (TPSA) is 12.9 Å². The van der Waals surface area contributed by atoms with Crippen molar-refractivity contribution in [1.29, 1.82) is 0 Å². The molecule has 0 atom stereocenters. The van der Waals surface area contributed by atoms with E-state index in [-0.39, 0.29) is 116 Å². The van der Waals surface area contributed by atoms with Crippen LogP contribution in [0.2, 0.25) is 0 Å². The fourth-order valence-corrected chi connectivity index (χ4v) is 2.11. The van der Waals surface area contributed by atoms with Crippen molar-refractivity contribution in [3.8, 4) is 0 Å². The molecule has 2 aromatic rings. The minimum Gasteiger partial charge on any atom is -0.384 e. The maximum atomic E-state index is 4.46. The van der Waals surface area contributed by atoms with Gasteiger partial charge in [0.05, 0.1) is 0 Å². The summed E-state index contributed by atoms with van der Waals surface area (Å²) in [5.74, 6) is 1.73. The summed E-state index contributed by atoms with van der Waals surface area (Å²) in [6.07, 6.45) is 0.997. The minimum atomic E-state index is 0. The molecule has 2 rings (SSSR count). The molecule has 1 heterocycles. The quantitative estimate of drug-likeness (QED) is 0.575. The third kappa shape index (κ3) is 11.5. The molecule has 0 saturated heterocycles. The van der Waals surface area contributed by atoms with E-state index in [1.54, 1.807) is 0 Å². The van der Waals surface area contributed by atoms with Crippen LogP contribution in [-0.2, 0) is 6.42 Å². The molecule has 25 heavy (non-hydrogen) atoms. The van der Waals surface area contributed by atoms with Crippen molar-refractivity contribution >= 4 is 0 Å². The second-order valence-electron chi connectivity index (χ2n) is 6.90. The van der Waals surface area contributed by atoms with E-state index >= 15 is 0 Å². The van der Waals surface area contributed by atoms with Gasteiger partial charge in [0, 0.05) is 0 Å². The van der Waals surface area contributed by atoms with Gasteiger partial charge in [-0.2, -0.15) is 53.6 Å². The normalized spacial score (nSPS) is 10.0. The molecule has 0 unspecified atom stereocenters. The van der Waals surface area contributed by atoms with Gasteiger partial charge in [-0.1, -0.05) is 84.0 Å². The average molecular weight is 480 g/mol. The summed E-state index contributed by atoms with van der Waals surface area (Å²) in [6.45, 7) is 15.3. The number of hydrogen-bond donors (Lipinski definition) is 0. The van der Waals surface area contributed by atoms with Gasteiger partial charge < -0.3 is 4.98 Å². The van der Waals surface area contributed by atoms with Crippen molar-refractivity contribution in [2.75, 3.05) is 0 Å². The molecule has 0 spiro atoms. The molecule has 0 aliphatic rings. The van der Waals surface area contributed by atoms with E-state index < -0.39 is 0 Å². The molecule has 0 aliphatic carbocycles. The van der Waals surface area contributed by atoms with Crippen LogP contribution in [0.1, 0.15) is 88.7 Å². The van der Waals surface area contributed by atoms with Crippen LogP contribution < -0.4 is 116 Å². The number of pyridine rings is 1. The Labute approximate surface area is 253 Å². The standard InChI is InChI=1S/C12H17.C10H14N.2Rb/c1-9(2)11-6-5-7-12(8-11)10(3)4;1-4-9-6-5-7-10(11-9)8(2)3;;/h6-10H,1-4H3;6-8H,4H2,1-3H3;;/q2*-1;2*+1. The monoisotopic (exact) mass is 479 g/mol. The second-order valence-corrected chi connectivity index (χ2v) is 6.90. The minimum absolute atomic E-state index is 0. The molecule has 126 valence electrons. The number of aromatic nitrogens is 1. The van der Waals surface area contributed by atoms with Crippen molar-refractivity contribution in [3.63, 3.8) is 0 Å². The van der Waals surface area contributed by atoms with Gasteiger partial charge in [-0.15, -0.1) is 0 Å². The van der Waals surface area contributed by atoms with Crippen molar-refractivity contribution in [1.82, 2.24) is 4.98 Å². The molecule has 0 N–H and O–H groups in total. The van der Waals surface area contributed by atoms with Gasteiger partial charge in [-0.3, -0.25) is 0 Å². The summed E-state index contributed by atoms with van der Waals surface area (Å²) in [6, 6.07) is 16.6. The van der Waals surface area contributed by atoms with Gasteiger partial charge in [0.15, 0.2) is 0 Å². The first-order valence-corrected chi connectivity index (χ1v) is 8.72. The summed E-state index contributed by atoms with van der Waals surface area (Å²) in [7, 11) is 0. The first-order valence-electron chi connectivity index (χ1n) is 8.72. The molecule has 1 nitrogen and oxygen atoms in total. The number of benzene rings is 1. The molecule has 0 radical (unpaired) electrons. The van der Waals surface area contributed by atoms with Crippen molar-refractivity contribution < 1.29 is 116 Å². The van der Waals surface area contributed by atoms with Gasteiger partial charge in [-0.05, 0) is 0 Å². The SMILES string of the molecule is CC(C)c1c[c-]cc(C(C)C)c1.CCc1c[c-]cc(C(C)C)n1.[Rb+].[Rb+]. The van der Waals surface area contributed by atoms with Crippen LogP contribution in [-0.4, -0.2) is 4.98 Å². The summed E-state index contributed by atoms with van der Waals surface area (Å²) in [5.41, 5.74) is 5.06. The first kappa shape index (κ1) is 29.2. The zero-order chi connectivity index (χ0) is 17.4. The molecule has 3 heteroatoms. The first-order chi connectivity index (χ1) is 10.8. The van der Waals surface area contributed by atoms with Crippen LogP contribution in [0.3, 0.4) is 0 Å². The van der Waals surface area contributed by atoms with Crippen LogP contribution in [0.15, 0.2) is 30.3 Å². The summed E-state index contributed by atoms with van der Waals surface area (Å²) >= 11 is 0. The maximum absolute atomic E-state index is 4.46. The number of rotatable bonds is 4. The van der Waals surface area contributed by atoms with Crippen LogP contribution in [0, 0.1) is 12.1 Å². The van der Waals surface area contributed by atoms with E-state index in [0.717, 1.165) is 17.8 Å². The van der Waals surface area contributed by atoms with E-state index in [1.807, 2.05) is 12.1 Å².